The van der Waals surface area contributed by atoms with Crippen LogP contribution < -0.4 is 5.73 Å². The number of hydrogen-bond donors (Lipinski definition) is 1. The van der Waals surface area contributed by atoms with E-state index in [9.17, 15) is 0 Å². The number of nitrogen functional groups attached to an aromatic ring is 1. The molecule has 0 unspecified atom stereocenters. The highest BCUT2D eigenvalue weighted by Gasteiger charge is 2.26. The molecule has 76 valence electrons. The maximum Gasteiger partial charge on any atom is 0.181 e. The van der Waals surface area contributed by atoms with E-state index in [1.165, 1.54) is 24.2 Å². The number of rotatable bonds is 2. The minimum Gasteiger partial charge on any atom is -0.384 e. The van der Waals surface area contributed by atoms with Crippen molar-refractivity contribution in [2.45, 2.75) is 18.8 Å². The molecule has 0 radical (unpaired) electrons. The first-order valence-corrected chi connectivity index (χ1v) is 5.80. The summed E-state index contributed by atoms with van der Waals surface area (Å²) < 4.78 is 0. The van der Waals surface area contributed by atoms with Gasteiger partial charge in [-0.15, -0.1) is 11.3 Å². The van der Waals surface area contributed by atoms with Crippen LogP contribution in [0.1, 0.15) is 24.5 Å². The average Bonchev–Trinajstić information content (AvgIpc) is 2.93. The van der Waals surface area contributed by atoms with Crippen molar-refractivity contribution in [3.63, 3.8) is 0 Å². The Kier molecular flexibility index (Phi) is 1.92. The van der Waals surface area contributed by atoms with Crippen molar-refractivity contribution in [1.29, 1.82) is 0 Å². The molecule has 0 saturated heterocycles. The SMILES string of the molecule is Nc1cc(C2CC2)nc(-c2cscn2)n1. The first-order chi connectivity index (χ1) is 7.33. The fourth-order valence-electron chi connectivity index (χ4n) is 1.51. The summed E-state index contributed by atoms with van der Waals surface area (Å²) in [6.07, 6.45) is 2.43. The van der Waals surface area contributed by atoms with Gasteiger partial charge in [0.15, 0.2) is 5.82 Å². The molecule has 2 aromatic rings. The molecule has 0 amide bonds. The molecular formula is C10H10N4S. The predicted octanol–water partition coefficient (Wildman–Crippen LogP) is 2.06. The van der Waals surface area contributed by atoms with Gasteiger partial charge in [0.25, 0.3) is 0 Å². The summed E-state index contributed by atoms with van der Waals surface area (Å²) in [6.45, 7) is 0. The highest BCUT2D eigenvalue weighted by atomic mass is 32.1. The molecular weight excluding hydrogens is 208 g/mol. The van der Waals surface area contributed by atoms with Gasteiger partial charge in [-0.1, -0.05) is 0 Å². The predicted molar refractivity (Wildman–Crippen MR) is 59.5 cm³/mol. The Balaban J connectivity index is 2.07. The summed E-state index contributed by atoms with van der Waals surface area (Å²) in [5.41, 5.74) is 9.41. The molecule has 0 aliphatic heterocycles. The molecule has 2 N–H and O–H groups in total. The zero-order valence-corrected chi connectivity index (χ0v) is 8.87. The van der Waals surface area contributed by atoms with E-state index in [1.54, 1.807) is 5.51 Å². The molecule has 1 saturated carbocycles. The third-order valence-electron chi connectivity index (χ3n) is 2.42. The Morgan fingerprint density at radius 1 is 1.33 bits per heavy atom. The Hall–Kier alpha value is -1.49. The topological polar surface area (TPSA) is 64.7 Å². The maximum absolute atomic E-state index is 5.76. The van der Waals surface area contributed by atoms with Crippen LogP contribution in [-0.4, -0.2) is 15.0 Å². The summed E-state index contributed by atoms with van der Waals surface area (Å²) in [7, 11) is 0. The lowest BCUT2D eigenvalue weighted by molar-refractivity contribution is 0.994. The third kappa shape index (κ3) is 1.70. The summed E-state index contributed by atoms with van der Waals surface area (Å²) in [5.74, 6) is 1.78. The largest absolute Gasteiger partial charge is 0.384 e. The first-order valence-electron chi connectivity index (χ1n) is 4.86. The second-order valence-electron chi connectivity index (χ2n) is 3.69. The van der Waals surface area contributed by atoms with Crippen molar-refractivity contribution in [3.05, 3.63) is 22.7 Å². The van der Waals surface area contributed by atoms with Crippen molar-refractivity contribution in [2.24, 2.45) is 0 Å². The van der Waals surface area contributed by atoms with Gasteiger partial charge in [0.1, 0.15) is 11.5 Å². The molecule has 4 nitrogen and oxygen atoms in total. The smallest absolute Gasteiger partial charge is 0.181 e. The van der Waals surface area contributed by atoms with Gasteiger partial charge in [-0.3, -0.25) is 0 Å². The summed E-state index contributed by atoms with van der Waals surface area (Å²) in [5, 5.41) is 1.94. The van der Waals surface area contributed by atoms with E-state index in [0.29, 0.717) is 17.6 Å². The fraction of sp³-hybridized carbons (Fsp3) is 0.300. The molecule has 1 fully saturated rings. The van der Waals surface area contributed by atoms with Crippen molar-refractivity contribution < 1.29 is 0 Å². The van der Waals surface area contributed by atoms with Gasteiger partial charge in [0.05, 0.1) is 5.51 Å². The minimum absolute atomic E-state index is 0.537. The van der Waals surface area contributed by atoms with Crippen molar-refractivity contribution in [3.8, 4) is 11.5 Å². The van der Waals surface area contributed by atoms with Crippen LogP contribution in [0.2, 0.25) is 0 Å². The van der Waals surface area contributed by atoms with Crippen LogP contribution in [-0.2, 0) is 0 Å². The molecule has 1 aliphatic carbocycles. The molecule has 2 heterocycles. The molecule has 3 rings (SSSR count). The van der Waals surface area contributed by atoms with Gasteiger partial charge >= 0.3 is 0 Å². The molecule has 1 aliphatic rings. The van der Waals surface area contributed by atoms with Crippen LogP contribution in [0, 0.1) is 0 Å². The van der Waals surface area contributed by atoms with Gasteiger partial charge in [0.2, 0.25) is 0 Å². The highest BCUT2D eigenvalue weighted by molar-refractivity contribution is 7.07. The lowest BCUT2D eigenvalue weighted by Gasteiger charge is -2.02. The van der Waals surface area contributed by atoms with E-state index in [1.807, 2.05) is 11.4 Å². The van der Waals surface area contributed by atoms with Crippen LogP contribution >= 0.6 is 11.3 Å². The molecule has 0 aromatic carbocycles. The number of hydrogen-bond acceptors (Lipinski definition) is 5. The Morgan fingerprint density at radius 3 is 2.87 bits per heavy atom. The van der Waals surface area contributed by atoms with E-state index >= 15 is 0 Å². The van der Waals surface area contributed by atoms with E-state index in [4.69, 9.17) is 5.73 Å². The normalized spacial score (nSPS) is 15.5. The van der Waals surface area contributed by atoms with E-state index in [2.05, 4.69) is 15.0 Å². The standard InChI is InChI=1S/C10H10N4S/c11-9-3-7(6-1-2-6)13-10(14-9)8-4-15-5-12-8/h3-6H,1-2H2,(H2,11,13,14). The number of nitrogens with zero attached hydrogens (tertiary/aromatic N) is 3. The monoisotopic (exact) mass is 218 g/mol. The maximum atomic E-state index is 5.76. The molecule has 15 heavy (non-hydrogen) atoms. The van der Waals surface area contributed by atoms with Gasteiger partial charge in [-0.05, 0) is 12.8 Å². The quantitative estimate of drug-likeness (QED) is 0.838. The fourth-order valence-corrected chi connectivity index (χ4v) is 2.04. The summed E-state index contributed by atoms with van der Waals surface area (Å²) in [4.78, 5) is 12.9. The summed E-state index contributed by atoms with van der Waals surface area (Å²) in [6, 6.07) is 1.87. The van der Waals surface area contributed by atoms with E-state index in [0.717, 1.165) is 11.4 Å². The lowest BCUT2D eigenvalue weighted by Crippen LogP contribution is -1.99. The van der Waals surface area contributed by atoms with Crippen LogP contribution in [0.3, 0.4) is 0 Å². The van der Waals surface area contributed by atoms with Crippen LogP contribution in [0.5, 0.6) is 0 Å². The second kappa shape index (κ2) is 3.27. The zero-order chi connectivity index (χ0) is 10.3. The molecule has 0 bridgehead atoms. The molecule has 0 spiro atoms. The zero-order valence-electron chi connectivity index (χ0n) is 8.05. The lowest BCUT2D eigenvalue weighted by atomic mass is 10.2. The number of thiazole rings is 1. The van der Waals surface area contributed by atoms with Gasteiger partial charge in [-0.25, -0.2) is 15.0 Å². The average molecular weight is 218 g/mol. The molecule has 0 atom stereocenters. The second-order valence-corrected chi connectivity index (χ2v) is 4.41. The van der Waals surface area contributed by atoms with E-state index in [-0.39, 0.29) is 0 Å². The minimum atomic E-state index is 0.537. The van der Waals surface area contributed by atoms with Crippen molar-refractivity contribution >= 4 is 17.2 Å². The number of nitrogens with two attached hydrogens (primary N) is 1. The van der Waals surface area contributed by atoms with Gasteiger partial charge < -0.3 is 5.73 Å². The third-order valence-corrected chi connectivity index (χ3v) is 3.01. The Bertz CT molecular complexity index is 476. The van der Waals surface area contributed by atoms with Crippen LogP contribution in [0.25, 0.3) is 11.5 Å². The molecule has 2 aromatic heterocycles. The summed E-state index contributed by atoms with van der Waals surface area (Å²) >= 11 is 1.54. The highest BCUT2D eigenvalue weighted by Crippen LogP contribution is 2.39. The van der Waals surface area contributed by atoms with Crippen molar-refractivity contribution in [1.82, 2.24) is 15.0 Å². The molecule has 5 heteroatoms. The Labute approximate surface area is 91.2 Å². The van der Waals surface area contributed by atoms with Crippen LogP contribution in [0.15, 0.2) is 17.0 Å². The van der Waals surface area contributed by atoms with Crippen LogP contribution in [0.4, 0.5) is 5.82 Å². The number of anilines is 1. The van der Waals surface area contributed by atoms with Gasteiger partial charge in [0, 0.05) is 23.1 Å². The number of aromatic nitrogens is 3. The first kappa shape index (κ1) is 8.79. The van der Waals surface area contributed by atoms with E-state index < -0.39 is 0 Å². The Morgan fingerprint density at radius 2 is 2.20 bits per heavy atom. The van der Waals surface area contributed by atoms with Gasteiger partial charge in [-0.2, -0.15) is 0 Å². The van der Waals surface area contributed by atoms with Crippen molar-refractivity contribution in [2.75, 3.05) is 5.73 Å².